The zero-order valence-electron chi connectivity index (χ0n) is 15.9. The summed E-state index contributed by atoms with van der Waals surface area (Å²) < 4.78 is 5.29. The number of nitrogens with one attached hydrogen (secondary N) is 2. The molecule has 0 aromatic heterocycles. The van der Waals surface area contributed by atoms with Gasteiger partial charge in [-0.2, -0.15) is 5.01 Å². The topological polar surface area (TPSA) is 91.0 Å². The molecule has 2 N–H and O–H groups in total. The number of hydrazine groups is 1. The molecule has 0 aliphatic carbocycles. The molecule has 2 unspecified atom stereocenters. The fourth-order valence-electron chi connectivity index (χ4n) is 3.61. The van der Waals surface area contributed by atoms with E-state index >= 15 is 0 Å². The summed E-state index contributed by atoms with van der Waals surface area (Å²) in [6.45, 7) is 4.36. The van der Waals surface area contributed by atoms with Crippen LogP contribution in [0.15, 0.2) is 24.3 Å². The largest absolute Gasteiger partial charge is 0.497 e. The van der Waals surface area contributed by atoms with Crippen LogP contribution in [-0.2, 0) is 9.59 Å². The molecule has 146 valence electrons. The van der Waals surface area contributed by atoms with Gasteiger partial charge in [-0.1, -0.05) is 19.1 Å². The molecule has 1 aromatic carbocycles. The Morgan fingerprint density at radius 3 is 2.85 bits per heavy atom. The highest BCUT2D eigenvalue weighted by atomic mass is 16.5. The first-order valence-corrected chi connectivity index (χ1v) is 9.22. The van der Waals surface area contributed by atoms with Gasteiger partial charge in [0, 0.05) is 6.04 Å². The average molecular weight is 374 g/mol. The molecular weight excluding hydrogens is 348 g/mol. The molecule has 0 saturated carbocycles. The van der Waals surface area contributed by atoms with Crippen molar-refractivity contribution < 1.29 is 19.1 Å². The van der Waals surface area contributed by atoms with Gasteiger partial charge in [0.2, 0.25) is 0 Å². The van der Waals surface area contributed by atoms with Crippen LogP contribution in [0.3, 0.4) is 0 Å². The van der Waals surface area contributed by atoms with E-state index in [1.54, 1.807) is 14.0 Å². The normalized spacial score (nSPS) is 25.6. The zero-order chi connectivity index (χ0) is 19.6. The van der Waals surface area contributed by atoms with Crippen LogP contribution in [0.4, 0.5) is 4.79 Å². The first kappa shape index (κ1) is 19.2. The summed E-state index contributed by atoms with van der Waals surface area (Å²) in [6.07, 6.45) is 2.37. The second kappa shape index (κ2) is 7.56. The average Bonchev–Trinajstić information content (AvgIpc) is 3.20. The minimum absolute atomic E-state index is 0.106. The SMILES string of the molecule is CCC1(C)NC(=O)N(NC(=O)CN2CCCC2c2cccc(OC)c2)C1=O. The number of likely N-dealkylation sites (tertiary alicyclic amines) is 1. The van der Waals surface area contributed by atoms with E-state index in [2.05, 4.69) is 15.6 Å². The Hall–Kier alpha value is -2.61. The number of nitrogens with zero attached hydrogens (tertiary/aromatic N) is 2. The van der Waals surface area contributed by atoms with Crippen molar-refractivity contribution in [2.75, 3.05) is 20.2 Å². The van der Waals surface area contributed by atoms with Crippen molar-refractivity contribution in [3.8, 4) is 5.75 Å². The van der Waals surface area contributed by atoms with Gasteiger partial charge in [0.25, 0.3) is 11.8 Å². The summed E-state index contributed by atoms with van der Waals surface area (Å²) in [5.74, 6) is -0.0373. The molecular formula is C19H26N4O4. The lowest BCUT2D eigenvalue weighted by molar-refractivity contribution is -0.139. The highest BCUT2D eigenvalue weighted by Gasteiger charge is 2.47. The summed E-state index contributed by atoms with van der Waals surface area (Å²) in [5, 5.41) is 3.42. The van der Waals surface area contributed by atoms with Gasteiger partial charge in [0.05, 0.1) is 13.7 Å². The van der Waals surface area contributed by atoms with Gasteiger partial charge in [0.15, 0.2) is 0 Å². The Morgan fingerprint density at radius 1 is 1.41 bits per heavy atom. The highest BCUT2D eigenvalue weighted by molar-refractivity contribution is 6.07. The van der Waals surface area contributed by atoms with Gasteiger partial charge in [-0.25, -0.2) is 4.79 Å². The molecule has 3 rings (SSSR count). The molecule has 27 heavy (non-hydrogen) atoms. The summed E-state index contributed by atoms with van der Waals surface area (Å²) in [6, 6.07) is 7.33. The van der Waals surface area contributed by atoms with Gasteiger partial charge in [0.1, 0.15) is 11.3 Å². The van der Waals surface area contributed by atoms with Crippen LogP contribution in [0, 0.1) is 0 Å². The number of urea groups is 1. The molecule has 0 bridgehead atoms. The van der Waals surface area contributed by atoms with Gasteiger partial charge < -0.3 is 10.1 Å². The summed E-state index contributed by atoms with van der Waals surface area (Å²) in [7, 11) is 1.63. The maximum Gasteiger partial charge on any atom is 0.344 e. The van der Waals surface area contributed by atoms with Crippen molar-refractivity contribution >= 4 is 17.8 Å². The van der Waals surface area contributed by atoms with E-state index in [0.29, 0.717) is 6.42 Å². The number of hydrogen-bond donors (Lipinski definition) is 2. The van der Waals surface area contributed by atoms with Crippen LogP contribution in [0.2, 0.25) is 0 Å². The minimum Gasteiger partial charge on any atom is -0.497 e. The molecule has 0 spiro atoms. The Bertz CT molecular complexity index is 753. The smallest absolute Gasteiger partial charge is 0.344 e. The molecule has 2 aliphatic rings. The van der Waals surface area contributed by atoms with E-state index in [-0.39, 0.29) is 18.5 Å². The fraction of sp³-hybridized carbons (Fsp3) is 0.526. The Kier molecular flexibility index (Phi) is 5.36. The number of methoxy groups -OCH3 is 1. The minimum atomic E-state index is -0.971. The number of carbonyl (C=O) groups excluding carboxylic acids is 3. The van der Waals surface area contributed by atoms with E-state index in [0.717, 1.165) is 35.7 Å². The summed E-state index contributed by atoms with van der Waals surface area (Å²) >= 11 is 0. The van der Waals surface area contributed by atoms with Crippen molar-refractivity contribution in [3.05, 3.63) is 29.8 Å². The third-order valence-electron chi connectivity index (χ3n) is 5.39. The number of carbonyl (C=O) groups is 3. The third kappa shape index (κ3) is 3.75. The van der Waals surface area contributed by atoms with Crippen LogP contribution in [0.5, 0.6) is 5.75 Å². The van der Waals surface area contributed by atoms with Crippen molar-refractivity contribution in [1.29, 1.82) is 0 Å². The van der Waals surface area contributed by atoms with Crippen molar-refractivity contribution in [2.24, 2.45) is 0 Å². The van der Waals surface area contributed by atoms with Gasteiger partial charge in [-0.05, 0) is 50.4 Å². The molecule has 2 aliphatic heterocycles. The number of amides is 4. The van der Waals surface area contributed by atoms with E-state index in [9.17, 15) is 14.4 Å². The molecule has 1 aromatic rings. The lowest BCUT2D eigenvalue weighted by Gasteiger charge is -2.25. The maximum absolute atomic E-state index is 12.5. The molecule has 8 nitrogen and oxygen atoms in total. The highest BCUT2D eigenvalue weighted by Crippen LogP contribution is 2.33. The second-order valence-electron chi connectivity index (χ2n) is 7.20. The van der Waals surface area contributed by atoms with Crippen molar-refractivity contribution in [2.45, 2.75) is 44.7 Å². The number of benzene rings is 1. The molecule has 2 heterocycles. The van der Waals surface area contributed by atoms with Crippen LogP contribution < -0.4 is 15.5 Å². The first-order chi connectivity index (χ1) is 12.9. The third-order valence-corrected chi connectivity index (χ3v) is 5.39. The predicted molar refractivity (Wildman–Crippen MR) is 98.8 cm³/mol. The van der Waals surface area contributed by atoms with E-state index in [1.807, 2.05) is 31.2 Å². The van der Waals surface area contributed by atoms with Crippen molar-refractivity contribution in [3.63, 3.8) is 0 Å². The van der Waals surface area contributed by atoms with E-state index in [1.165, 1.54) is 0 Å². The lowest BCUT2D eigenvalue weighted by atomic mass is 10.00. The van der Waals surface area contributed by atoms with Gasteiger partial charge >= 0.3 is 6.03 Å². The quantitative estimate of drug-likeness (QED) is 0.738. The fourth-order valence-corrected chi connectivity index (χ4v) is 3.61. The standard InChI is InChI=1S/C19H26N4O4/c1-4-19(2)17(25)23(18(26)20-19)21-16(24)12-22-10-6-9-15(22)13-7-5-8-14(11-13)27-3/h5,7-8,11,15H,4,6,9-10,12H2,1-3H3,(H,20,26)(H,21,24). The van der Waals surface area contributed by atoms with Crippen LogP contribution in [0.1, 0.15) is 44.7 Å². The molecule has 2 saturated heterocycles. The lowest BCUT2D eigenvalue weighted by Crippen LogP contribution is -2.51. The zero-order valence-corrected chi connectivity index (χ0v) is 15.9. The summed E-state index contributed by atoms with van der Waals surface area (Å²) in [5.41, 5.74) is 2.58. The Morgan fingerprint density at radius 2 is 2.19 bits per heavy atom. The first-order valence-electron chi connectivity index (χ1n) is 9.22. The van der Waals surface area contributed by atoms with E-state index < -0.39 is 17.5 Å². The van der Waals surface area contributed by atoms with Gasteiger partial charge in [-0.3, -0.25) is 19.9 Å². The monoisotopic (exact) mass is 374 g/mol. The number of rotatable bonds is 6. The van der Waals surface area contributed by atoms with Gasteiger partial charge in [-0.15, -0.1) is 0 Å². The molecule has 8 heteroatoms. The Balaban J connectivity index is 1.65. The van der Waals surface area contributed by atoms with Crippen LogP contribution in [0.25, 0.3) is 0 Å². The van der Waals surface area contributed by atoms with E-state index in [4.69, 9.17) is 4.74 Å². The molecule has 2 fully saturated rings. The van der Waals surface area contributed by atoms with Crippen LogP contribution in [-0.4, -0.2) is 53.5 Å². The van der Waals surface area contributed by atoms with Crippen molar-refractivity contribution in [1.82, 2.24) is 20.7 Å². The van der Waals surface area contributed by atoms with Crippen LogP contribution >= 0.6 is 0 Å². The molecule has 2 atom stereocenters. The predicted octanol–water partition coefficient (Wildman–Crippen LogP) is 1.58. The number of imide groups is 1. The molecule has 0 radical (unpaired) electrons. The maximum atomic E-state index is 12.5. The number of ether oxygens (including phenoxy) is 1. The number of hydrogen-bond acceptors (Lipinski definition) is 5. The summed E-state index contributed by atoms with van der Waals surface area (Å²) in [4.78, 5) is 39.0. The second-order valence-corrected chi connectivity index (χ2v) is 7.20. The molecule has 4 amide bonds. The Labute approximate surface area is 158 Å².